The molecule has 0 unspecified atom stereocenters. The molecule has 0 atom stereocenters. The number of halogens is 7. The minimum atomic E-state index is -4.50. The van der Waals surface area contributed by atoms with Gasteiger partial charge in [0, 0.05) is 4.90 Å². The SMILES string of the molecule is NC(F)(F)F.O=C(F)c1cccc(SC(F)(Cl)Cl)c1. The lowest BCUT2D eigenvalue weighted by Gasteiger charge is -2.08. The number of carbonyl (C=O) groups excluding carboxylic acids is 1. The number of hydrogen-bond acceptors (Lipinski definition) is 3. The summed E-state index contributed by atoms with van der Waals surface area (Å²) in [7, 11) is 0. The molecule has 0 saturated heterocycles. The van der Waals surface area contributed by atoms with Crippen LogP contribution in [0.3, 0.4) is 0 Å². The van der Waals surface area contributed by atoms with E-state index < -0.39 is 16.3 Å². The van der Waals surface area contributed by atoms with Crippen molar-refractivity contribution in [1.29, 1.82) is 0 Å². The van der Waals surface area contributed by atoms with Crippen LogP contribution in [0, 0.1) is 0 Å². The number of rotatable bonds is 3. The zero-order chi connectivity index (χ0) is 15.3. The van der Waals surface area contributed by atoms with E-state index in [1.165, 1.54) is 24.3 Å². The van der Waals surface area contributed by atoms with Crippen LogP contribution in [0.15, 0.2) is 29.2 Å². The fourth-order valence-electron chi connectivity index (χ4n) is 0.815. The topological polar surface area (TPSA) is 43.1 Å². The van der Waals surface area contributed by atoms with Crippen molar-refractivity contribution in [2.45, 2.75) is 15.1 Å². The van der Waals surface area contributed by atoms with E-state index in [1.807, 2.05) is 0 Å². The van der Waals surface area contributed by atoms with Crippen molar-refractivity contribution in [3.8, 4) is 0 Å². The molecule has 0 bridgehead atoms. The van der Waals surface area contributed by atoms with E-state index in [-0.39, 0.29) is 10.5 Å². The minimum absolute atomic E-state index is 0.160. The first-order valence-corrected chi connectivity index (χ1v) is 5.87. The summed E-state index contributed by atoms with van der Waals surface area (Å²) in [6.45, 7) is 0. The molecule has 0 aromatic heterocycles. The summed E-state index contributed by atoms with van der Waals surface area (Å²) < 4.78 is 52.9. The molecule has 2 N–H and O–H groups in total. The van der Waals surface area contributed by atoms with Crippen molar-refractivity contribution < 1.29 is 26.7 Å². The number of nitrogens with two attached hydrogens (primary N) is 1. The molecule has 0 heterocycles. The van der Waals surface area contributed by atoms with Gasteiger partial charge in [-0.15, -0.1) is 0 Å². The molecule has 1 aromatic carbocycles. The van der Waals surface area contributed by atoms with Crippen molar-refractivity contribution in [2.24, 2.45) is 5.73 Å². The third kappa shape index (κ3) is 12.2. The van der Waals surface area contributed by atoms with Crippen LogP contribution < -0.4 is 5.73 Å². The van der Waals surface area contributed by atoms with Crippen molar-refractivity contribution in [3.05, 3.63) is 29.8 Å². The Kier molecular flexibility index (Phi) is 7.06. The fourth-order valence-corrected chi connectivity index (χ4v) is 1.95. The maximum absolute atomic E-state index is 12.7. The van der Waals surface area contributed by atoms with E-state index in [4.69, 9.17) is 23.2 Å². The third-order valence-corrected chi connectivity index (χ3v) is 2.48. The second kappa shape index (κ2) is 7.28. The Balaban J connectivity index is 0.000000555. The Bertz CT molecular complexity index is 429. The predicted octanol–water partition coefficient (Wildman–Crippen LogP) is 4.41. The summed E-state index contributed by atoms with van der Waals surface area (Å²) >= 11 is 10.6. The van der Waals surface area contributed by atoms with Crippen molar-refractivity contribution in [1.82, 2.24) is 0 Å². The first-order chi connectivity index (χ1) is 8.38. The fraction of sp³-hybridized carbons (Fsp3) is 0.222. The molecule has 10 heteroatoms. The van der Waals surface area contributed by atoms with Crippen molar-refractivity contribution in [3.63, 3.8) is 0 Å². The lowest BCUT2D eigenvalue weighted by molar-refractivity contribution is -0.122. The Labute approximate surface area is 119 Å². The first-order valence-electron chi connectivity index (χ1n) is 4.30. The zero-order valence-corrected chi connectivity index (χ0v) is 11.2. The van der Waals surface area contributed by atoms with E-state index in [9.17, 15) is 26.7 Å². The van der Waals surface area contributed by atoms with Gasteiger partial charge in [0.05, 0.1) is 5.56 Å². The zero-order valence-electron chi connectivity index (χ0n) is 8.85. The summed E-state index contributed by atoms with van der Waals surface area (Å²) in [5.74, 6) is 0. The number of carbonyl (C=O) groups is 1. The summed E-state index contributed by atoms with van der Waals surface area (Å²) in [4.78, 5) is 10.6. The van der Waals surface area contributed by atoms with Gasteiger partial charge in [-0.25, -0.2) is 5.73 Å². The molecule has 0 radical (unpaired) electrons. The van der Waals surface area contributed by atoms with E-state index in [0.29, 0.717) is 11.8 Å². The van der Waals surface area contributed by atoms with Gasteiger partial charge in [0.25, 0.3) is 0 Å². The van der Waals surface area contributed by atoms with Crippen LogP contribution >= 0.6 is 35.0 Å². The van der Waals surface area contributed by atoms with Crippen LogP contribution in [-0.2, 0) is 0 Å². The Morgan fingerprint density at radius 1 is 1.21 bits per heavy atom. The Morgan fingerprint density at radius 2 is 1.68 bits per heavy atom. The van der Waals surface area contributed by atoms with Gasteiger partial charge in [0.1, 0.15) is 0 Å². The molecule has 0 spiro atoms. The maximum Gasteiger partial charge on any atom is 0.454 e. The molecule has 0 saturated carbocycles. The van der Waals surface area contributed by atoms with Crippen LogP contribution in [0.5, 0.6) is 0 Å². The summed E-state index contributed by atoms with van der Waals surface area (Å²) in [5.41, 5.74) is 3.19. The highest BCUT2D eigenvalue weighted by atomic mass is 35.5. The highest BCUT2D eigenvalue weighted by molar-refractivity contribution is 8.03. The molecule has 0 aliphatic carbocycles. The van der Waals surface area contributed by atoms with Gasteiger partial charge in [0.15, 0.2) is 0 Å². The normalized spacial score (nSPS) is 11.6. The van der Waals surface area contributed by atoms with Crippen LogP contribution in [0.1, 0.15) is 10.4 Å². The summed E-state index contributed by atoms with van der Waals surface area (Å²) in [6.07, 6.45) is -4.50. The lowest BCUT2D eigenvalue weighted by Crippen LogP contribution is -2.20. The summed E-state index contributed by atoms with van der Waals surface area (Å²) in [6, 6.07) is 3.74. The van der Waals surface area contributed by atoms with Crippen molar-refractivity contribution in [2.75, 3.05) is 0 Å². The van der Waals surface area contributed by atoms with E-state index in [2.05, 4.69) is 5.73 Å². The van der Waals surface area contributed by atoms with Gasteiger partial charge in [0.2, 0.25) is 0 Å². The molecule has 0 aliphatic heterocycles. The summed E-state index contributed by atoms with van der Waals surface area (Å²) in [5, 5.41) is 0. The molecular weight excluding hydrogens is 336 g/mol. The maximum atomic E-state index is 12.7. The number of benzene rings is 1. The molecule has 1 rings (SSSR count). The lowest BCUT2D eigenvalue weighted by atomic mass is 10.2. The van der Waals surface area contributed by atoms with Gasteiger partial charge in [-0.3, -0.25) is 4.79 Å². The van der Waals surface area contributed by atoms with Crippen LogP contribution in [0.25, 0.3) is 0 Å². The second-order valence-electron chi connectivity index (χ2n) is 2.89. The third-order valence-electron chi connectivity index (χ3n) is 1.29. The Morgan fingerprint density at radius 3 is 2.05 bits per heavy atom. The number of alkyl halides is 6. The molecule has 1 aromatic rings. The van der Waals surface area contributed by atoms with Crippen LogP contribution in [-0.4, -0.2) is 16.3 Å². The molecule has 0 fully saturated rings. The van der Waals surface area contributed by atoms with Crippen LogP contribution in [0.2, 0.25) is 0 Å². The van der Waals surface area contributed by atoms with Gasteiger partial charge < -0.3 is 0 Å². The predicted molar refractivity (Wildman–Crippen MR) is 63.5 cm³/mol. The Hall–Kier alpha value is -0.570. The molecule has 19 heavy (non-hydrogen) atoms. The van der Waals surface area contributed by atoms with E-state index in [0.717, 1.165) is 0 Å². The molecular formula is C9H6Cl2F5NOS. The standard InChI is InChI=1S/C8H4Cl2F2OS.CH2F3N/c9-8(10,12)14-6-3-1-2-5(4-6)7(11)13;2-1(3,4)5/h1-4H;5H2. The van der Waals surface area contributed by atoms with Crippen LogP contribution in [0.4, 0.5) is 22.0 Å². The van der Waals surface area contributed by atoms with Gasteiger partial charge >= 0.3 is 16.3 Å². The average Bonchev–Trinajstić information content (AvgIpc) is 2.12. The monoisotopic (exact) mass is 341 g/mol. The van der Waals surface area contributed by atoms with Crippen molar-refractivity contribution >= 4 is 41.0 Å². The minimum Gasteiger partial charge on any atom is -0.255 e. The molecule has 0 amide bonds. The van der Waals surface area contributed by atoms with Gasteiger partial charge in [-0.05, 0) is 18.2 Å². The second-order valence-corrected chi connectivity index (χ2v) is 5.81. The highest BCUT2D eigenvalue weighted by Crippen LogP contribution is 2.41. The largest absolute Gasteiger partial charge is 0.454 e. The molecule has 0 aliphatic rings. The number of thioether (sulfide) groups is 1. The quantitative estimate of drug-likeness (QED) is 0.291. The van der Waals surface area contributed by atoms with E-state index >= 15 is 0 Å². The molecule has 2 nitrogen and oxygen atoms in total. The molecule has 108 valence electrons. The smallest absolute Gasteiger partial charge is 0.255 e. The highest BCUT2D eigenvalue weighted by Gasteiger charge is 2.24. The number of hydrogen-bond donors (Lipinski definition) is 1. The van der Waals surface area contributed by atoms with Gasteiger partial charge in [-0.1, -0.05) is 41.0 Å². The van der Waals surface area contributed by atoms with Gasteiger partial charge in [-0.2, -0.15) is 22.0 Å². The average molecular weight is 342 g/mol. The van der Waals surface area contributed by atoms with E-state index in [1.54, 1.807) is 0 Å². The first kappa shape index (κ1) is 18.4.